The van der Waals surface area contributed by atoms with E-state index in [4.69, 9.17) is 14.2 Å². The van der Waals surface area contributed by atoms with Gasteiger partial charge in [0.1, 0.15) is 19.0 Å². The zero-order valence-corrected chi connectivity index (χ0v) is 17.0. The molecule has 3 aromatic rings. The minimum Gasteiger partial charge on any atom is -0.486 e. The van der Waals surface area contributed by atoms with Gasteiger partial charge in [0.2, 0.25) is 0 Å². The molecule has 0 aliphatic carbocycles. The number of esters is 1. The van der Waals surface area contributed by atoms with Gasteiger partial charge < -0.3 is 18.8 Å². The number of halogens is 1. The summed E-state index contributed by atoms with van der Waals surface area (Å²) in [5.74, 6) is -0.0262. The normalized spacial score (nSPS) is 13.5. The lowest BCUT2D eigenvalue weighted by molar-refractivity contribution is -0.143. The van der Waals surface area contributed by atoms with Gasteiger partial charge in [-0.05, 0) is 31.2 Å². The average Bonchev–Trinajstić information content (AvgIpc) is 3.07. The van der Waals surface area contributed by atoms with Gasteiger partial charge in [-0.3, -0.25) is 9.59 Å². The third-order valence-electron chi connectivity index (χ3n) is 4.48. The minimum absolute atomic E-state index is 0.131. The first-order chi connectivity index (χ1) is 14.5. The fraction of sp³-hybridized carbons (Fsp3) is 0.286. The van der Waals surface area contributed by atoms with Crippen LogP contribution in [0.2, 0.25) is 0 Å². The van der Waals surface area contributed by atoms with E-state index in [1.54, 1.807) is 11.5 Å². The van der Waals surface area contributed by atoms with Crippen molar-refractivity contribution in [1.29, 1.82) is 0 Å². The molecule has 0 fully saturated rings. The van der Waals surface area contributed by atoms with Gasteiger partial charge in [0.25, 0.3) is 5.91 Å². The van der Waals surface area contributed by atoms with Gasteiger partial charge in [-0.2, -0.15) is 4.99 Å². The fourth-order valence-corrected chi connectivity index (χ4v) is 4.15. The van der Waals surface area contributed by atoms with Crippen LogP contribution in [0.4, 0.5) is 4.39 Å². The number of hydrogen-bond acceptors (Lipinski definition) is 6. The highest BCUT2D eigenvalue weighted by atomic mass is 32.1. The van der Waals surface area contributed by atoms with Crippen LogP contribution in [0.25, 0.3) is 10.2 Å². The molecule has 0 bridgehead atoms. The molecule has 1 aliphatic heterocycles. The van der Waals surface area contributed by atoms with Gasteiger partial charge in [-0.25, -0.2) is 4.39 Å². The third-order valence-corrected chi connectivity index (χ3v) is 5.52. The van der Waals surface area contributed by atoms with E-state index in [2.05, 4.69) is 4.99 Å². The standard InChI is InChI=1S/C21H19FN2O5S/c1-2-27-19(25)7-8-24-15-11-16-17(29-10-9-28-16)12-18(15)30-21(24)23-20(26)13-3-5-14(22)6-4-13/h3-6,11-12H,2,7-10H2,1H3. The summed E-state index contributed by atoms with van der Waals surface area (Å²) in [6, 6.07) is 8.87. The molecule has 0 atom stereocenters. The second-order valence-corrected chi connectivity index (χ2v) is 7.49. The predicted molar refractivity (Wildman–Crippen MR) is 108 cm³/mol. The number of carbonyl (C=O) groups is 2. The van der Waals surface area contributed by atoms with Crippen LogP contribution < -0.4 is 14.3 Å². The van der Waals surface area contributed by atoms with Crippen molar-refractivity contribution in [3.63, 3.8) is 0 Å². The highest BCUT2D eigenvalue weighted by Gasteiger charge is 2.18. The smallest absolute Gasteiger partial charge is 0.307 e. The van der Waals surface area contributed by atoms with Crippen LogP contribution in [0.5, 0.6) is 11.5 Å². The molecule has 4 rings (SSSR count). The maximum absolute atomic E-state index is 13.2. The second-order valence-electron chi connectivity index (χ2n) is 6.48. The molecule has 7 nitrogen and oxygen atoms in total. The average molecular weight is 430 g/mol. The second kappa shape index (κ2) is 8.66. The summed E-state index contributed by atoms with van der Waals surface area (Å²) in [6.07, 6.45) is 0.131. The monoisotopic (exact) mass is 430 g/mol. The number of aromatic nitrogens is 1. The molecule has 0 saturated heterocycles. The number of hydrogen-bond donors (Lipinski definition) is 0. The summed E-state index contributed by atoms with van der Waals surface area (Å²) in [6.45, 7) is 3.25. The molecular weight excluding hydrogens is 411 g/mol. The molecule has 156 valence electrons. The summed E-state index contributed by atoms with van der Waals surface area (Å²) < 4.78 is 32.1. The van der Waals surface area contributed by atoms with Crippen molar-refractivity contribution in [2.75, 3.05) is 19.8 Å². The number of aryl methyl sites for hydroxylation is 1. The van der Waals surface area contributed by atoms with Gasteiger partial charge in [0.05, 0.1) is 23.2 Å². The third kappa shape index (κ3) is 4.20. The lowest BCUT2D eigenvalue weighted by atomic mass is 10.2. The summed E-state index contributed by atoms with van der Waals surface area (Å²) in [5, 5.41) is 0. The molecule has 1 aliphatic rings. The van der Waals surface area contributed by atoms with E-state index in [0.717, 1.165) is 10.2 Å². The number of benzene rings is 2. The van der Waals surface area contributed by atoms with E-state index < -0.39 is 11.7 Å². The van der Waals surface area contributed by atoms with Crippen LogP contribution in [-0.2, 0) is 16.1 Å². The first-order valence-corrected chi connectivity index (χ1v) is 10.3. The molecule has 30 heavy (non-hydrogen) atoms. The summed E-state index contributed by atoms with van der Waals surface area (Å²) in [4.78, 5) is 29.2. The molecule has 0 saturated carbocycles. The number of amides is 1. The van der Waals surface area contributed by atoms with Crippen molar-refractivity contribution in [2.45, 2.75) is 19.9 Å². The Bertz CT molecular complexity index is 1170. The van der Waals surface area contributed by atoms with Gasteiger partial charge in [-0.15, -0.1) is 0 Å². The first-order valence-electron chi connectivity index (χ1n) is 9.48. The van der Waals surface area contributed by atoms with Crippen LogP contribution in [0, 0.1) is 5.82 Å². The Kier molecular flexibility index (Phi) is 5.80. The Morgan fingerprint density at radius 2 is 1.87 bits per heavy atom. The first kappa shape index (κ1) is 20.1. The van der Waals surface area contributed by atoms with Crippen LogP contribution >= 0.6 is 11.3 Å². The zero-order chi connectivity index (χ0) is 21.1. The summed E-state index contributed by atoms with van der Waals surface area (Å²) in [5.41, 5.74) is 1.05. The molecule has 2 aromatic carbocycles. The van der Waals surface area contributed by atoms with Gasteiger partial charge in [0, 0.05) is 24.2 Å². The van der Waals surface area contributed by atoms with Crippen molar-refractivity contribution in [1.82, 2.24) is 4.57 Å². The van der Waals surface area contributed by atoms with Crippen LogP contribution in [0.1, 0.15) is 23.7 Å². The van der Waals surface area contributed by atoms with Crippen molar-refractivity contribution in [2.24, 2.45) is 4.99 Å². The number of fused-ring (bicyclic) bond motifs is 2. The van der Waals surface area contributed by atoms with E-state index in [-0.39, 0.29) is 24.5 Å². The molecule has 2 heterocycles. The number of thiazole rings is 1. The maximum Gasteiger partial charge on any atom is 0.307 e. The summed E-state index contributed by atoms with van der Waals surface area (Å²) >= 11 is 1.30. The molecular formula is C21H19FN2O5S. The zero-order valence-electron chi connectivity index (χ0n) is 16.2. The van der Waals surface area contributed by atoms with Crippen LogP contribution in [0.15, 0.2) is 41.4 Å². The topological polar surface area (TPSA) is 79.1 Å². The Morgan fingerprint density at radius 3 is 2.57 bits per heavy atom. The molecule has 0 spiro atoms. The summed E-state index contributed by atoms with van der Waals surface area (Å²) in [7, 11) is 0. The van der Waals surface area contributed by atoms with Gasteiger partial charge in [-0.1, -0.05) is 11.3 Å². The van der Waals surface area contributed by atoms with E-state index in [9.17, 15) is 14.0 Å². The van der Waals surface area contributed by atoms with Crippen molar-refractivity contribution >= 4 is 33.4 Å². The predicted octanol–water partition coefficient (Wildman–Crippen LogP) is 3.31. The van der Waals surface area contributed by atoms with Crippen LogP contribution in [-0.4, -0.2) is 36.3 Å². The number of nitrogens with zero attached hydrogens (tertiary/aromatic N) is 2. The Labute approximate surface area is 175 Å². The number of carbonyl (C=O) groups excluding carboxylic acids is 2. The highest BCUT2D eigenvalue weighted by Crippen LogP contribution is 2.35. The molecule has 1 amide bonds. The maximum atomic E-state index is 13.2. The Balaban J connectivity index is 1.78. The van der Waals surface area contributed by atoms with E-state index in [0.29, 0.717) is 36.1 Å². The highest BCUT2D eigenvalue weighted by molar-refractivity contribution is 7.16. The quantitative estimate of drug-likeness (QED) is 0.581. The largest absolute Gasteiger partial charge is 0.486 e. The van der Waals surface area contributed by atoms with Crippen molar-refractivity contribution in [3.05, 3.63) is 52.6 Å². The van der Waals surface area contributed by atoms with E-state index in [1.807, 2.05) is 12.1 Å². The molecule has 9 heteroatoms. The molecule has 0 radical (unpaired) electrons. The fourth-order valence-electron chi connectivity index (χ4n) is 3.09. The number of ether oxygens (including phenoxy) is 3. The van der Waals surface area contributed by atoms with E-state index in [1.165, 1.54) is 35.6 Å². The van der Waals surface area contributed by atoms with Gasteiger partial charge in [0.15, 0.2) is 16.3 Å². The van der Waals surface area contributed by atoms with Crippen molar-refractivity contribution in [3.8, 4) is 11.5 Å². The Morgan fingerprint density at radius 1 is 1.17 bits per heavy atom. The molecule has 0 N–H and O–H groups in total. The molecule has 0 unspecified atom stereocenters. The van der Waals surface area contributed by atoms with Crippen molar-refractivity contribution < 1.29 is 28.2 Å². The number of rotatable bonds is 5. The Hall–Kier alpha value is -3.20. The SMILES string of the molecule is CCOC(=O)CCn1c(=NC(=O)c2ccc(F)cc2)sc2cc3c(cc21)OCCO3. The lowest BCUT2D eigenvalue weighted by Crippen LogP contribution is -2.20. The minimum atomic E-state index is -0.497. The lowest BCUT2D eigenvalue weighted by Gasteiger charge is -2.18. The van der Waals surface area contributed by atoms with Gasteiger partial charge >= 0.3 is 5.97 Å². The van der Waals surface area contributed by atoms with Crippen LogP contribution in [0.3, 0.4) is 0 Å². The van der Waals surface area contributed by atoms with E-state index >= 15 is 0 Å². The molecule has 1 aromatic heterocycles.